The number of fused-ring (bicyclic) bond motifs is 1. The van der Waals surface area contributed by atoms with Gasteiger partial charge >= 0.3 is 0 Å². The topological polar surface area (TPSA) is 75.9 Å². The van der Waals surface area contributed by atoms with Gasteiger partial charge in [0.15, 0.2) is 0 Å². The van der Waals surface area contributed by atoms with Crippen LogP contribution in [0.15, 0.2) is 73.4 Å². The maximum atomic E-state index is 13.5. The van der Waals surface area contributed by atoms with Crippen molar-refractivity contribution in [2.24, 2.45) is 0 Å². The van der Waals surface area contributed by atoms with Crippen molar-refractivity contribution in [3.63, 3.8) is 0 Å². The second-order valence-corrected chi connectivity index (χ2v) is 8.11. The number of hydrogen-bond donors (Lipinski definition) is 1. The first kappa shape index (κ1) is 20.3. The molecule has 7 nitrogen and oxygen atoms in total. The molecule has 1 N–H and O–H groups in total. The molecule has 5 rings (SSSR count). The van der Waals surface area contributed by atoms with Crippen LogP contribution >= 0.6 is 0 Å². The molecule has 1 saturated heterocycles. The van der Waals surface area contributed by atoms with Gasteiger partial charge in [-0.05, 0) is 48.3 Å². The van der Waals surface area contributed by atoms with Crippen LogP contribution in [0.25, 0.3) is 16.7 Å². The Labute approximate surface area is 187 Å². The van der Waals surface area contributed by atoms with Gasteiger partial charge in [-0.3, -0.25) is 14.3 Å². The summed E-state index contributed by atoms with van der Waals surface area (Å²) in [5.41, 5.74) is 1.82. The molecule has 32 heavy (non-hydrogen) atoms. The quantitative estimate of drug-likeness (QED) is 0.509. The van der Waals surface area contributed by atoms with E-state index in [0.717, 1.165) is 36.9 Å². The van der Waals surface area contributed by atoms with E-state index in [1.54, 1.807) is 29.5 Å². The first-order chi connectivity index (χ1) is 15.8. The maximum absolute atomic E-state index is 13.5. The van der Waals surface area contributed by atoms with Gasteiger partial charge in [-0.1, -0.05) is 48.9 Å². The van der Waals surface area contributed by atoms with Gasteiger partial charge < -0.3 is 5.32 Å². The molecular formula is C25H26N6O. The predicted molar refractivity (Wildman–Crippen MR) is 123 cm³/mol. The number of rotatable bonds is 6. The van der Waals surface area contributed by atoms with Crippen LogP contribution in [0.1, 0.15) is 36.6 Å². The minimum absolute atomic E-state index is 0.0323. The van der Waals surface area contributed by atoms with Crippen molar-refractivity contribution in [2.45, 2.75) is 31.8 Å². The zero-order valence-corrected chi connectivity index (χ0v) is 17.9. The number of hydrogen-bond acceptors (Lipinski definition) is 5. The molecule has 1 aliphatic rings. The molecule has 7 heteroatoms. The summed E-state index contributed by atoms with van der Waals surface area (Å²) in [6.45, 7) is 2.25. The molecular weight excluding hydrogens is 400 g/mol. The third kappa shape index (κ3) is 4.24. The highest BCUT2D eigenvalue weighted by atomic mass is 16.2. The molecule has 1 amide bonds. The van der Waals surface area contributed by atoms with Crippen molar-refractivity contribution in [1.82, 2.24) is 29.7 Å². The summed E-state index contributed by atoms with van der Waals surface area (Å²) >= 11 is 0. The Morgan fingerprint density at radius 3 is 2.69 bits per heavy atom. The van der Waals surface area contributed by atoms with Gasteiger partial charge in [-0.25, -0.2) is 15.0 Å². The van der Waals surface area contributed by atoms with E-state index in [9.17, 15) is 4.79 Å². The summed E-state index contributed by atoms with van der Waals surface area (Å²) < 4.78 is 1.75. The van der Waals surface area contributed by atoms with E-state index < -0.39 is 6.04 Å². The van der Waals surface area contributed by atoms with Gasteiger partial charge in [-0.15, -0.1) is 0 Å². The standard InChI is InChI=1S/C25H26N6O/c32-24(28-17-20-9-6-8-19-7-2-3-10-21(19)20)23(30-14-4-1-5-15-30)22-11-12-27-25(29-22)31-16-13-26-18-31/h2-3,6-13,16,18,23H,1,4-5,14-15,17H2,(H,28,32). The van der Waals surface area contributed by atoms with Gasteiger partial charge in [0.2, 0.25) is 11.9 Å². The highest BCUT2D eigenvalue weighted by molar-refractivity contribution is 5.87. The van der Waals surface area contributed by atoms with Gasteiger partial charge in [0.1, 0.15) is 12.4 Å². The molecule has 0 saturated carbocycles. The van der Waals surface area contributed by atoms with Crippen LogP contribution in [0.4, 0.5) is 0 Å². The number of benzene rings is 2. The first-order valence-electron chi connectivity index (χ1n) is 11.1. The molecule has 0 spiro atoms. The molecule has 1 fully saturated rings. The van der Waals surface area contributed by atoms with E-state index in [2.05, 4.69) is 44.5 Å². The smallest absolute Gasteiger partial charge is 0.243 e. The minimum Gasteiger partial charge on any atom is -0.350 e. The molecule has 3 heterocycles. The fraction of sp³-hybridized carbons (Fsp3) is 0.280. The van der Waals surface area contributed by atoms with Gasteiger partial charge in [0, 0.05) is 25.1 Å². The van der Waals surface area contributed by atoms with Crippen molar-refractivity contribution in [1.29, 1.82) is 0 Å². The molecule has 1 unspecified atom stereocenters. The zero-order chi connectivity index (χ0) is 21.8. The number of amides is 1. The van der Waals surface area contributed by atoms with Crippen molar-refractivity contribution in [3.05, 3.63) is 84.7 Å². The van der Waals surface area contributed by atoms with Crippen molar-refractivity contribution < 1.29 is 4.79 Å². The fourth-order valence-corrected chi connectivity index (χ4v) is 4.41. The molecule has 0 bridgehead atoms. The number of piperidine rings is 1. The van der Waals surface area contributed by atoms with Crippen molar-refractivity contribution in [3.8, 4) is 5.95 Å². The molecule has 0 radical (unpaired) electrons. The summed E-state index contributed by atoms with van der Waals surface area (Å²) in [6.07, 6.45) is 10.2. The minimum atomic E-state index is -0.449. The van der Waals surface area contributed by atoms with Crippen molar-refractivity contribution in [2.75, 3.05) is 13.1 Å². The van der Waals surface area contributed by atoms with Gasteiger partial charge in [-0.2, -0.15) is 0 Å². The third-order valence-corrected chi connectivity index (χ3v) is 6.02. The maximum Gasteiger partial charge on any atom is 0.243 e. The first-order valence-corrected chi connectivity index (χ1v) is 11.1. The predicted octanol–water partition coefficient (Wildman–Crippen LogP) is 3.66. The Morgan fingerprint density at radius 1 is 1.00 bits per heavy atom. The summed E-state index contributed by atoms with van der Waals surface area (Å²) in [5.74, 6) is 0.485. The summed E-state index contributed by atoms with van der Waals surface area (Å²) in [7, 11) is 0. The average Bonchev–Trinajstić information content (AvgIpc) is 3.39. The summed E-state index contributed by atoms with van der Waals surface area (Å²) in [4.78, 5) is 28.9. The SMILES string of the molecule is O=C(NCc1cccc2ccccc12)C(c1ccnc(-n2ccnc2)n1)N1CCCCC1. The largest absolute Gasteiger partial charge is 0.350 e. The van der Waals surface area contributed by atoms with Crippen LogP contribution < -0.4 is 5.32 Å². The van der Waals surface area contributed by atoms with Gasteiger partial charge in [0.05, 0.1) is 5.69 Å². The van der Waals surface area contributed by atoms with Crippen LogP contribution in [-0.4, -0.2) is 43.4 Å². The number of aromatic nitrogens is 4. The molecule has 1 aliphatic heterocycles. The van der Waals surface area contributed by atoms with Crippen molar-refractivity contribution >= 4 is 16.7 Å². The zero-order valence-electron chi connectivity index (χ0n) is 17.9. The van der Waals surface area contributed by atoms with Crippen LogP contribution in [0.5, 0.6) is 0 Å². The van der Waals surface area contributed by atoms with E-state index in [1.165, 1.54) is 11.8 Å². The third-order valence-electron chi connectivity index (χ3n) is 6.02. The highest BCUT2D eigenvalue weighted by Crippen LogP contribution is 2.25. The Morgan fingerprint density at radius 2 is 1.84 bits per heavy atom. The van der Waals surface area contributed by atoms with Crippen LogP contribution in [0.3, 0.4) is 0 Å². The molecule has 4 aromatic rings. The lowest BCUT2D eigenvalue weighted by atomic mass is 10.0. The molecule has 0 aliphatic carbocycles. The normalized spacial score (nSPS) is 15.5. The fourth-order valence-electron chi connectivity index (χ4n) is 4.41. The molecule has 2 aromatic carbocycles. The molecule has 1 atom stereocenters. The van der Waals surface area contributed by atoms with E-state index in [0.29, 0.717) is 18.2 Å². The number of carbonyl (C=O) groups excluding carboxylic acids is 1. The molecule has 2 aromatic heterocycles. The Kier molecular flexibility index (Phi) is 5.89. The van der Waals surface area contributed by atoms with E-state index in [1.807, 2.05) is 24.3 Å². The Hall–Kier alpha value is -3.58. The van der Waals surface area contributed by atoms with Crippen LogP contribution in [0.2, 0.25) is 0 Å². The average molecular weight is 427 g/mol. The number of imidazole rings is 1. The van der Waals surface area contributed by atoms with Crippen LogP contribution in [0, 0.1) is 0 Å². The van der Waals surface area contributed by atoms with E-state index >= 15 is 0 Å². The van der Waals surface area contributed by atoms with Crippen LogP contribution in [-0.2, 0) is 11.3 Å². The van der Waals surface area contributed by atoms with E-state index in [4.69, 9.17) is 4.98 Å². The lowest BCUT2D eigenvalue weighted by Crippen LogP contribution is -2.43. The lowest BCUT2D eigenvalue weighted by molar-refractivity contribution is -0.127. The lowest BCUT2D eigenvalue weighted by Gasteiger charge is -2.33. The number of likely N-dealkylation sites (tertiary alicyclic amines) is 1. The van der Waals surface area contributed by atoms with Gasteiger partial charge in [0.25, 0.3) is 0 Å². The Bertz CT molecular complexity index is 1190. The summed E-state index contributed by atoms with van der Waals surface area (Å²) in [5, 5.41) is 5.52. The number of carbonyl (C=O) groups is 1. The van der Waals surface area contributed by atoms with E-state index in [-0.39, 0.29) is 5.91 Å². The Balaban J connectivity index is 1.42. The highest BCUT2D eigenvalue weighted by Gasteiger charge is 2.30. The monoisotopic (exact) mass is 426 g/mol. The molecule has 162 valence electrons. The number of nitrogens with one attached hydrogen (secondary N) is 1. The second-order valence-electron chi connectivity index (χ2n) is 8.11. The summed E-state index contributed by atoms with van der Waals surface area (Å²) in [6, 6.07) is 15.8. The number of nitrogens with zero attached hydrogens (tertiary/aromatic N) is 5. The second kappa shape index (κ2) is 9.28.